The Balaban J connectivity index is 0.00000450. The third kappa shape index (κ3) is 13.2. The summed E-state index contributed by atoms with van der Waals surface area (Å²) in [5.41, 5.74) is 1.14. The Morgan fingerprint density at radius 2 is 1.53 bits per heavy atom. The molecule has 0 radical (unpaired) electrons. The molecule has 0 unspecified atom stereocenters. The summed E-state index contributed by atoms with van der Waals surface area (Å²) in [5, 5.41) is 27.1. The first-order chi connectivity index (χ1) is 26.3. The van der Waals surface area contributed by atoms with E-state index in [2.05, 4.69) is 26.7 Å². The zero-order chi connectivity index (χ0) is 41.0. The number of azo groups is 1. The van der Waals surface area contributed by atoms with E-state index in [1.807, 2.05) is 43.9 Å². The van der Waals surface area contributed by atoms with Gasteiger partial charge in [0.05, 0.1) is 36.4 Å². The zero-order valence-corrected chi connectivity index (χ0v) is 42.0. The molecular formula is C37H32Cl3K2N7O7S2. The summed E-state index contributed by atoms with van der Waals surface area (Å²) in [6, 6.07) is 23.4. The van der Waals surface area contributed by atoms with Gasteiger partial charge in [0.1, 0.15) is 33.1 Å². The number of benzene rings is 4. The summed E-state index contributed by atoms with van der Waals surface area (Å²) >= 11 is 19.3. The maximum Gasteiger partial charge on any atom is 1.00 e. The fourth-order valence-corrected chi connectivity index (χ4v) is 7.61. The van der Waals surface area contributed by atoms with E-state index < -0.39 is 42.2 Å². The molecular weight excluding hydrogens is 903 g/mol. The Hall–Kier alpha value is -1.59. The second-order valence-corrected chi connectivity index (χ2v) is 17.5. The summed E-state index contributed by atoms with van der Waals surface area (Å²) in [6.07, 6.45) is 0.403. The monoisotopic (exact) mass is 933 g/mol. The number of nitrogens with zero attached hydrogens (tertiary/aromatic N) is 6. The van der Waals surface area contributed by atoms with Crippen molar-refractivity contribution in [3.8, 4) is 11.8 Å². The molecule has 0 saturated heterocycles. The minimum Gasteiger partial charge on any atom is -0.748 e. The van der Waals surface area contributed by atoms with E-state index in [-0.39, 0.29) is 165 Å². The first-order valence-corrected chi connectivity index (χ1v) is 20.8. The van der Waals surface area contributed by atoms with Gasteiger partial charge < -0.3 is 19.3 Å². The molecule has 1 N–H and O–H groups in total. The summed E-state index contributed by atoms with van der Waals surface area (Å²) < 4.78 is 70.3. The van der Waals surface area contributed by atoms with Gasteiger partial charge in [0.15, 0.2) is 5.82 Å². The molecule has 58 heavy (non-hydrogen) atoms. The number of unbranched alkanes of at least 4 members (excludes halogenated alkanes) is 1. The smallest absolute Gasteiger partial charge is 0.748 e. The van der Waals surface area contributed by atoms with Crippen LogP contribution in [-0.2, 0) is 25.7 Å². The van der Waals surface area contributed by atoms with E-state index in [1.165, 1.54) is 35.0 Å². The average Bonchev–Trinajstić information content (AvgIpc) is 3.49. The molecule has 21 heteroatoms. The molecule has 1 heterocycles. The minimum absolute atomic E-state index is 0. The van der Waals surface area contributed by atoms with Crippen LogP contribution in [0.3, 0.4) is 0 Å². The van der Waals surface area contributed by atoms with Crippen LogP contribution in [0.1, 0.15) is 55.2 Å². The second-order valence-electron chi connectivity index (χ2n) is 13.3. The SMILES string of the molecule is CC(C)(C)c1nn(-c2c(Cl)cc(Cl)cc2Cl)c(N=Nc2ccc(N(CCCCS(=O)(=O)[O-])c3ccccc3)cc2NC(=O)c2cccc(S(=O)(=O)[O-])c2)c1C#N.[K+].[K+]. The molecule has 0 spiro atoms. The van der Waals surface area contributed by atoms with Crippen molar-refractivity contribution in [1.82, 2.24) is 9.78 Å². The Bertz CT molecular complexity index is 2580. The van der Waals surface area contributed by atoms with Gasteiger partial charge in [0.2, 0.25) is 0 Å². The van der Waals surface area contributed by atoms with Gasteiger partial charge in [-0.3, -0.25) is 4.79 Å². The first-order valence-electron chi connectivity index (χ1n) is 16.6. The third-order valence-electron chi connectivity index (χ3n) is 8.15. The number of carbonyl (C=O) groups excluding carboxylic acids is 1. The fourth-order valence-electron chi connectivity index (χ4n) is 5.55. The molecule has 0 aliphatic carbocycles. The predicted molar refractivity (Wildman–Crippen MR) is 212 cm³/mol. The molecule has 4 aromatic carbocycles. The van der Waals surface area contributed by atoms with Crippen LogP contribution >= 0.6 is 34.8 Å². The van der Waals surface area contributed by atoms with Crippen LogP contribution in [-0.4, -0.2) is 53.9 Å². The van der Waals surface area contributed by atoms with Crippen molar-refractivity contribution >= 4 is 89.5 Å². The molecule has 0 saturated carbocycles. The van der Waals surface area contributed by atoms with Gasteiger partial charge >= 0.3 is 103 Å². The van der Waals surface area contributed by atoms with Crippen LogP contribution in [0, 0.1) is 11.3 Å². The maximum atomic E-state index is 13.7. The molecule has 0 aliphatic heterocycles. The Morgan fingerprint density at radius 3 is 2.12 bits per heavy atom. The summed E-state index contributed by atoms with van der Waals surface area (Å²) in [4.78, 5) is 14.9. The third-order valence-corrected chi connectivity index (χ3v) is 10.6. The summed E-state index contributed by atoms with van der Waals surface area (Å²) in [5.74, 6) is -1.38. The van der Waals surface area contributed by atoms with Gasteiger partial charge in [0, 0.05) is 39.7 Å². The van der Waals surface area contributed by atoms with Gasteiger partial charge in [0.25, 0.3) is 5.91 Å². The Labute approximate surface area is 436 Å². The maximum absolute atomic E-state index is 13.7. The van der Waals surface area contributed by atoms with Crippen molar-refractivity contribution in [1.29, 1.82) is 5.26 Å². The van der Waals surface area contributed by atoms with Crippen LogP contribution in [0.4, 0.5) is 28.6 Å². The van der Waals surface area contributed by atoms with E-state index in [0.717, 1.165) is 12.1 Å². The average molecular weight is 935 g/mol. The number of rotatable bonds is 13. The molecule has 0 aliphatic rings. The number of hydrogen-bond acceptors (Lipinski definition) is 12. The van der Waals surface area contributed by atoms with E-state index >= 15 is 0 Å². The van der Waals surface area contributed by atoms with Crippen molar-refractivity contribution in [3.05, 3.63) is 117 Å². The molecule has 0 atom stereocenters. The molecule has 1 amide bonds. The summed E-state index contributed by atoms with van der Waals surface area (Å²) in [7, 11) is -9.31. The van der Waals surface area contributed by atoms with Crippen molar-refractivity contribution < 1.29 is 134 Å². The van der Waals surface area contributed by atoms with Crippen LogP contribution in [0.25, 0.3) is 5.69 Å². The predicted octanol–water partition coefficient (Wildman–Crippen LogP) is 3.04. The molecule has 0 fully saturated rings. The number of nitriles is 1. The molecule has 5 aromatic rings. The molecule has 0 bridgehead atoms. The van der Waals surface area contributed by atoms with Crippen LogP contribution < -0.4 is 113 Å². The number of hydrogen-bond donors (Lipinski definition) is 1. The number of anilines is 3. The van der Waals surface area contributed by atoms with Crippen LogP contribution in [0.15, 0.2) is 100 Å². The number of aromatic nitrogens is 2. The van der Waals surface area contributed by atoms with Crippen molar-refractivity contribution in [2.45, 2.75) is 43.9 Å². The molecule has 5 rings (SSSR count). The minimum atomic E-state index is -4.89. The van der Waals surface area contributed by atoms with Crippen LogP contribution in [0.5, 0.6) is 0 Å². The topological polar surface area (TPSA) is 213 Å². The Kier molecular flexibility index (Phi) is 18.8. The van der Waals surface area contributed by atoms with Crippen LogP contribution in [0.2, 0.25) is 15.1 Å². The number of para-hydroxylation sites is 1. The number of carbonyl (C=O) groups is 1. The van der Waals surface area contributed by atoms with Crippen molar-refractivity contribution in [2.24, 2.45) is 10.2 Å². The van der Waals surface area contributed by atoms with Gasteiger partial charge in [-0.05, 0) is 73.5 Å². The van der Waals surface area contributed by atoms with Crippen molar-refractivity contribution in [3.63, 3.8) is 0 Å². The molecule has 14 nitrogen and oxygen atoms in total. The van der Waals surface area contributed by atoms with Gasteiger partial charge in [-0.15, -0.1) is 10.2 Å². The quantitative estimate of drug-likeness (QED) is 0.0789. The van der Waals surface area contributed by atoms with E-state index in [0.29, 0.717) is 23.5 Å². The number of halogens is 3. The van der Waals surface area contributed by atoms with E-state index in [9.17, 15) is 36.0 Å². The fraction of sp³-hybridized carbons (Fsp3) is 0.216. The van der Waals surface area contributed by atoms with Gasteiger partial charge in [-0.2, -0.15) is 10.4 Å². The van der Waals surface area contributed by atoms with Crippen molar-refractivity contribution in [2.75, 3.05) is 22.5 Å². The molecule has 292 valence electrons. The van der Waals surface area contributed by atoms with E-state index in [4.69, 9.17) is 34.8 Å². The van der Waals surface area contributed by atoms with Gasteiger partial charge in [-0.25, -0.2) is 21.5 Å². The molecule has 1 aromatic heterocycles. The first kappa shape index (κ1) is 50.8. The number of amides is 1. The van der Waals surface area contributed by atoms with E-state index in [1.54, 1.807) is 24.3 Å². The zero-order valence-electron chi connectivity index (χ0n) is 31.9. The Morgan fingerprint density at radius 1 is 0.879 bits per heavy atom. The van der Waals surface area contributed by atoms with Gasteiger partial charge in [-0.1, -0.05) is 79.8 Å². The second kappa shape index (κ2) is 21.5. The largest absolute Gasteiger partial charge is 1.00 e. The summed E-state index contributed by atoms with van der Waals surface area (Å²) in [6.45, 7) is 5.82. The standard InChI is InChI=1S/C37H34Cl3N7O7S2.2K/c1-37(2,3)34-28(22-41)35(47(45-34)33-29(39)19-24(38)20-30(33)40)44-43-31-15-14-26(46(25-11-5-4-6-12-25)16-7-8-17-55(49,50)51)21-32(31)42-36(48)23-10-9-13-27(18-23)56(52,53)54;;/h4-6,9-15,18-21H,7-8,16-17H2,1-3H3,(H,42,48)(H,49,50,51)(H,52,53,54);;/q;2*+1/p-2. The normalized spacial score (nSPS) is 11.7. The number of nitrogens with one attached hydrogen (secondary N) is 1.